The molecule has 2 aromatic carbocycles. The molecule has 1 N–H and O–H groups in total. The van der Waals surface area contributed by atoms with E-state index in [9.17, 15) is 10.1 Å². The van der Waals surface area contributed by atoms with Crippen LogP contribution < -0.4 is 10.2 Å². The molecule has 8 nitrogen and oxygen atoms in total. The highest BCUT2D eigenvalue weighted by molar-refractivity contribution is 7.99. The van der Waals surface area contributed by atoms with Gasteiger partial charge in [0.15, 0.2) is 5.11 Å². The number of aryl methyl sites for hydroxylation is 1. The maximum Gasteiger partial charge on any atom is 0.269 e. The first-order valence-corrected chi connectivity index (χ1v) is 14.3. The van der Waals surface area contributed by atoms with Gasteiger partial charge in [-0.25, -0.2) is 0 Å². The van der Waals surface area contributed by atoms with E-state index in [1.807, 2.05) is 36.5 Å². The fourth-order valence-corrected chi connectivity index (χ4v) is 6.49. The van der Waals surface area contributed by atoms with Gasteiger partial charge >= 0.3 is 0 Å². The lowest BCUT2D eigenvalue weighted by Crippen LogP contribution is -2.29. The van der Waals surface area contributed by atoms with Gasteiger partial charge < -0.3 is 19.2 Å². The fourth-order valence-electron chi connectivity index (χ4n) is 5.32. The smallest absolute Gasteiger partial charge is 0.269 e. The Morgan fingerprint density at radius 3 is 2.39 bits per heavy atom. The zero-order chi connectivity index (χ0) is 28.5. The van der Waals surface area contributed by atoms with Crippen molar-refractivity contribution in [2.24, 2.45) is 0 Å². The molecule has 0 spiro atoms. The van der Waals surface area contributed by atoms with Gasteiger partial charge in [-0.1, -0.05) is 17.8 Å². The first-order chi connectivity index (χ1) is 19.9. The number of rotatable bonds is 8. The van der Waals surface area contributed by atoms with E-state index in [0.29, 0.717) is 11.7 Å². The summed E-state index contributed by atoms with van der Waals surface area (Å²) < 4.78 is 7.91. The highest BCUT2D eigenvalue weighted by Gasteiger charge is 2.42. The number of nitro benzene ring substituents is 1. The molecule has 1 saturated heterocycles. The molecule has 1 aliphatic heterocycles. The van der Waals surface area contributed by atoms with E-state index < -0.39 is 0 Å². The Balaban J connectivity index is 1.34. The Morgan fingerprint density at radius 1 is 1.02 bits per heavy atom. The zero-order valence-corrected chi connectivity index (χ0v) is 24.1. The Hall–Kier alpha value is -4.41. The van der Waals surface area contributed by atoms with Gasteiger partial charge in [0.2, 0.25) is 0 Å². The minimum Gasteiger partial charge on any atom is -0.467 e. The highest BCUT2D eigenvalue weighted by atomic mass is 32.2. The quantitative estimate of drug-likeness (QED) is 0.115. The van der Waals surface area contributed by atoms with Crippen LogP contribution in [-0.4, -0.2) is 19.6 Å². The average Bonchev–Trinajstić information content (AvgIpc) is 3.69. The molecule has 4 heterocycles. The lowest BCUT2D eigenvalue weighted by atomic mass is 9.96. The Morgan fingerprint density at radius 2 is 1.76 bits per heavy atom. The predicted molar refractivity (Wildman–Crippen MR) is 163 cm³/mol. The number of non-ortho nitro benzene ring substituents is 1. The zero-order valence-electron chi connectivity index (χ0n) is 22.4. The van der Waals surface area contributed by atoms with Crippen LogP contribution in [0.1, 0.15) is 40.5 Å². The molecule has 0 saturated carbocycles. The fraction of sp³-hybridized carbons (Fsp3) is 0.161. The molecule has 206 valence electrons. The Kier molecular flexibility index (Phi) is 7.34. The van der Waals surface area contributed by atoms with Crippen LogP contribution in [0.4, 0.5) is 11.4 Å². The van der Waals surface area contributed by atoms with Crippen molar-refractivity contribution >= 4 is 40.5 Å². The molecular formula is C31H27N5O3S2. The summed E-state index contributed by atoms with van der Waals surface area (Å²) in [6.45, 7) is 4.91. The third-order valence-corrected chi connectivity index (χ3v) is 8.65. The van der Waals surface area contributed by atoms with Crippen molar-refractivity contribution in [1.82, 2.24) is 14.9 Å². The van der Waals surface area contributed by atoms with Crippen molar-refractivity contribution in [1.29, 1.82) is 0 Å². The van der Waals surface area contributed by atoms with E-state index in [2.05, 4.69) is 63.9 Å². The second-order valence-electron chi connectivity index (χ2n) is 9.84. The van der Waals surface area contributed by atoms with E-state index in [1.165, 1.54) is 17.7 Å². The van der Waals surface area contributed by atoms with Crippen LogP contribution in [0, 0.1) is 24.0 Å². The molecule has 0 radical (unpaired) electrons. The van der Waals surface area contributed by atoms with E-state index in [0.717, 1.165) is 38.3 Å². The topological polar surface area (TPSA) is 89.4 Å². The molecule has 3 aromatic heterocycles. The summed E-state index contributed by atoms with van der Waals surface area (Å²) in [6, 6.07) is 26.6. The maximum absolute atomic E-state index is 11.0. The monoisotopic (exact) mass is 581 g/mol. The van der Waals surface area contributed by atoms with E-state index in [-0.39, 0.29) is 22.7 Å². The van der Waals surface area contributed by atoms with Crippen molar-refractivity contribution in [3.05, 3.63) is 136 Å². The van der Waals surface area contributed by atoms with Gasteiger partial charge in [0.25, 0.3) is 5.69 Å². The van der Waals surface area contributed by atoms with Crippen LogP contribution in [0.15, 0.2) is 112 Å². The minimum atomic E-state index is -0.390. The molecule has 6 rings (SSSR count). The summed E-state index contributed by atoms with van der Waals surface area (Å²) in [4.78, 5) is 19.4. The van der Waals surface area contributed by atoms with E-state index >= 15 is 0 Å². The summed E-state index contributed by atoms with van der Waals surface area (Å²) >= 11 is 7.48. The molecular weight excluding hydrogens is 555 g/mol. The number of nitrogens with one attached hydrogen (secondary N) is 1. The van der Waals surface area contributed by atoms with E-state index in [4.69, 9.17) is 16.6 Å². The van der Waals surface area contributed by atoms with Gasteiger partial charge in [0.1, 0.15) is 5.76 Å². The maximum atomic E-state index is 11.0. The second kappa shape index (κ2) is 11.2. The van der Waals surface area contributed by atoms with Gasteiger partial charge in [0.05, 0.1) is 35.5 Å². The number of pyridine rings is 1. The third kappa shape index (κ3) is 5.36. The number of hydrogen-bond donors (Lipinski definition) is 1. The summed E-state index contributed by atoms with van der Waals surface area (Å²) in [5.74, 6) is 0.901. The minimum absolute atomic E-state index is 0.0803. The van der Waals surface area contributed by atoms with Gasteiger partial charge in [-0.2, -0.15) is 0 Å². The van der Waals surface area contributed by atoms with Crippen LogP contribution in [0.3, 0.4) is 0 Å². The van der Waals surface area contributed by atoms with Gasteiger partial charge in [0, 0.05) is 45.2 Å². The Bertz CT molecular complexity index is 1680. The number of nitro groups is 1. The number of nitrogens with zero attached hydrogens (tertiary/aromatic N) is 4. The number of aromatic nitrogens is 2. The summed E-state index contributed by atoms with van der Waals surface area (Å²) in [5.41, 5.74) is 5.42. The first-order valence-electron chi connectivity index (χ1n) is 13.1. The largest absolute Gasteiger partial charge is 0.467 e. The highest BCUT2D eigenvalue weighted by Crippen LogP contribution is 2.44. The van der Waals surface area contributed by atoms with Crippen LogP contribution in [-0.2, 0) is 6.54 Å². The van der Waals surface area contributed by atoms with Crippen molar-refractivity contribution < 1.29 is 9.34 Å². The van der Waals surface area contributed by atoms with Crippen molar-refractivity contribution in [2.75, 3.05) is 4.90 Å². The predicted octanol–water partition coefficient (Wildman–Crippen LogP) is 7.38. The standard InChI is InChI=1S/C31H27N5O3S2/c1-20-18-27(21(2)34(20)19-24-6-5-17-39-24)30-29(28-7-3-4-16-32-28)33-31(40)35(30)22-8-12-25(13-9-22)41-26-14-10-23(11-15-26)36(37)38/h3-18,29-30H,19H2,1-2H3,(H,33,40)/t29-,30-/m0/s1. The van der Waals surface area contributed by atoms with Crippen LogP contribution >= 0.6 is 24.0 Å². The van der Waals surface area contributed by atoms with Crippen molar-refractivity contribution in [3.63, 3.8) is 0 Å². The molecule has 2 atom stereocenters. The molecule has 0 bridgehead atoms. The molecule has 41 heavy (non-hydrogen) atoms. The average molecular weight is 582 g/mol. The SMILES string of the molecule is Cc1cc([C@H]2[C@H](c3ccccn3)NC(=S)N2c2ccc(Sc3ccc([N+](=O)[O-])cc3)cc2)c(C)n1Cc1ccco1. The van der Waals surface area contributed by atoms with Crippen LogP contribution in [0.25, 0.3) is 0 Å². The second-order valence-corrected chi connectivity index (χ2v) is 11.4. The molecule has 0 amide bonds. The lowest BCUT2D eigenvalue weighted by molar-refractivity contribution is -0.384. The molecule has 0 aliphatic carbocycles. The van der Waals surface area contributed by atoms with Crippen molar-refractivity contribution in [2.45, 2.75) is 42.3 Å². The summed E-state index contributed by atoms with van der Waals surface area (Å²) in [5, 5.41) is 15.2. The number of anilines is 1. The summed E-state index contributed by atoms with van der Waals surface area (Å²) in [6.07, 6.45) is 3.51. The number of furan rings is 1. The van der Waals surface area contributed by atoms with Gasteiger partial charge in [-0.15, -0.1) is 0 Å². The van der Waals surface area contributed by atoms with Crippen molar-refractivity contribution in [3.8, 4) is 0 Å². The Labute approximate surface area is 247 Å². The van der Waals surface area contributed by atoms with Crippen LogP contribution in [0.5, 0.6) is 0 Å². The van der Waals surface area contributed by atoms with Gasteiger partial charge in [-0.3, -0.25) is 15.1 Å². The molecule has 1 aliphatic rings. The molecule has 5 aromatic rings. The van der Waals surface area contributed by atoms with Crippen LogP contribution in [0.2, 0.25) is 0 Å². The number of hydrogen-bond acceptors (Lipinski definition) is 6. The number of benzene rings is 2. The lowest BCUT2D eigenvalue weighted by Gasteiger charge is -2.28. The molecule has 0 unspecified atom stereocenters. The summed E-state index contributed by atoms with van der Waals surface area (Å²) in [7, 11) is 0. The normalized spacial score (nSPS) is 16.6. The molecule has 1 fully saturated rings. The molecule has 10 heteroatoms. The first kappa shape index (κ1) is 26.8. The van der Waals surface area contributed by atoms with Gasteiger partial charge in [-0.05, 0) is 98.4 Å². The van der Waals surface area contributed by atoms with E-state index in [1.54, 1.807) is 30.2 Å². The number of thiocarbonyl (C=S) groups is 1. The third-order valence-electron chi connectivity index (χ3n) is 7.32.